The minimum atomic E-state index is -0.231. The molecule has 4 heterocycles. The van der Waals surface area contributed by atoms with Crippen molar-refractivity contribution in [3.63, 3.8) is 0 Å². The predicted molar refractivity (Wildman–Crippen MR) is 209 cm³/mol. The van der Waals surface area contributed by atoms with Crippen LogP contribution in [0.4, 0.5) is 0 Å². The molecule has 0 radical (unpaired) electrons. The molecule has 2 unspecified atom stereocenters. The van der Waals surface area contributed by atoms with Crippen molar-refractivity contribution < 1.29 is 19.1 Å². The number of rotatable bonds is 9. The first-order valence-corrected chi connectivity index (χ1v) is 19.8. The number of hydrogen-bond acceptors (Lipinski definition) is 6. The number of nitrogens with one attached hydrogen (secondary N) is 4. The third-order valence-corrected chi connectivity index (χ3v) is 12.8. The van der Waals surface area contributed by atoms with Crippen molar-refractivity contribution in [2.45, 2.75) is 92.2 Å². The lowest BCUT2D eigenvalue weighted by atomic mass is 9.85. The summed E-state index contributed by atoms with van der Waals surface area (Å²) in [5.74, 6) is 1.95. The number of carbonyl (C=O) groups is 2. The first kappa shape index (κ1) is 36.7. The van der Waals surface area contributed by atoms with Crippen LogP contribution in [0.5, 0.6) is 0 Å². The van der Waals surface area contributed by atoms with Crippen LogP contribution >= 0.6 is 0 Å². The highest BCUT2D eigenvalue weighted by Gasteiger charge is 2.59. The second-order valence-corrected chi connectivity index (χ2v) is 18.6. The van der Waals surface area contributed by atoms with E-state index in [1.54, 1.807) is 0 Å². The van der Waals surface area contributed by atoms with Crippen molar-refractivity contribution in [3.8, 4) is 33.6 Å². The molecule has 4 fully saturated rings. The van der Waals surface area contributed by atoms with Crippen molar-refractivity contribution in [1.29, 1.82) is 0 Å². The molecule has 2 aliphatic heterocycles. The SMILES string of the molecule is CC(C)(C)[C@H](NC(=O)C1CC12CCOCC2)c1ncc(-c2ccc(-c3ccc(-c4cnc([C@@H](NC(=O)C5CC56CCOCC6)C(C)(C)C)[nH]4)cc3)cc2)[nH]1. The third-order valence-electron chi connectivity index (χ3n) is 12.8. The Balaban J connectivity index is 0.916. The summed E-state index contributed by atoms with van der Waals surface area (Å²) in [6, 6.07) is 16.5. The molecule has 4 atom stereocenters. The fraction of sp³-hybridized carbons (Fsp3) is 0.545. The molecule has 286 valence electrons. The Morgan fingerprint density at radius 1 is 0.611 bits per heavy atom. The summed E-state index contributed by atoms with van der Waals surface area (Å²) in [5.41, 5.74) is 5.95. The summed E-state index contributed by atoms with van der Waals surface area (Å²) in [6.07, 6.45) is 9.53. The number of aromatic amines is 2. The van der Waals surface area contributed by atoms with E-state index in [1.165, 1.54) is 0 Å². The summed E-state index contributed by atoms with van der Waals surface area (Å²) in [7, 11) is 0. The van der Waals surface area contributed by atoms with Gasteiger partial charge in [0, 0.05) is 38.3 Å². The fourth-order valence-electron chi connectivity index (χ4n) is 8.92. The lowest BCUT2D eigenvalue weighted by Gasteiger charge is -2.31. The van der Waals surface area contributed by atoms with Gasteiger partial charge >= 0.3 is 0 Å². The van der Waals surface area contributed by atoms with Gasteiger partial charge in [-0.2, -0.15) is 0 Å². The van der Waals surface area contributed by atoms with Gasteiger partial charge in [-0.15, -0.1) is 0 Å². The Labute approximate surface area is 319 Å². The standard InChI is InChI=1S/C44H56N6O4/c1-41(2,3)35(49-39(51)31-23-43(31)15-19-53-20-16-43)37-45-25-33(47-37)29-11-7-27(8-12-29)28-9-13-30(14-10-28)34-26-46-38(48-34)36(42(4,5)6)50-40(52)32-24-44(32)17-21-54-22-18-44/h7-14,25-26,31-32,35-36H,15-24H2,1-6H3,(H,45,47)(H,46,48)(H,49,51)(H,50,52)/t31?,32?,35-,36-/m1/s1. The van der Waals surface area contributed by atoms with E-state index in [4.69, 9.17) is 19.4 Å². The van der Waals surface area contributed by atoms with Gasteiger partial charge in [0.05, 0.1) is 35.9 Å². The molecule has 10 heteroatoms. The van der Waals surface area contributed by atoms with E-state index in [0.717, 1.165) is 110 Å². The molecule has 4 aliphatic rings. The molecule has 2 spiro atoms. The molecular formula is C44H56N6O4. The van der Waals surface area contributed by atoms with Crippen molar-refractivity contribution in [2.24, 2.45) is 33.5 Å². The van der Waals surface area contributed by atoms with Gasteiger partial charge in [-0.05, 0) is 82.4 Å². The van der Waals surface area contributed by atoms with Gasteiger partial charge in [0.15, 0.2) is 0 Å². The van der Waals surface area contributed by atoms with Crippen molar-refractivity contribution in [3.05, 3.63) is 72.6 Å². The average Bonchev–Trinajstić information content (AvgIpc) is 3.82. The van der Waals surface area contributed by atoms with Crippen LogP contribution < -0.4 is 10.6 Å². The van der Waals surface area contributed by atoms with Gasteiger partial charge in [-0.1, -0.05) is 90.1 Å². The molecule has 2 amide bonds. The highest BCUT2D eigenvalue weighted by atomic mass is 16.5. The Bertz CT molecular complexity index is 1830. The summed E-state index contributed by atoms with van der Waals surface area (Å²) >= 11 is 0. The minimum absolute atomic E-state index is 0.0665. The number of aromatic nitrogens is 4. The largest absolute Gasteiger partial charge is 0.381 e. The van der Waals surface area contributed by atoms with E-state index in [-0.39, 0.29) is 57.4 Å². The first-order valence-electron chi connectivity index (χ1n) is 19.8. The Morgan fingerprint density at radius 3 is 1.28 bits per heavy atom. The lowest BCUT2D eigenvalue weighted by molar-refractivity contribution is -0.126. The second-order valence-electron chi connectivity index (χ2n) is 18.6. The number of H-pyrrole nitrogens is 2. The van der Waals surface area contributed by atoms with Gasteiger partial charge in [-0.3, -0.25) is 9.59 Å². The number of benzene rings is 2. The zero-order valence-corrected chi connectivity index (χ0v) is 32.7. The number of imidazole rings is 2. The van der Waals surface area contributed by atoms with Gasteiger partial charge in [0.1, 0.15) is 11.6 Å². The van der Waals surface area contributed by atoms with Crippen LogP contribution in [-0.2, 0) is 19.1 Å². The monoisotopic (exact) mass is 732 g/mol. The number of amides is 2. The first-order chi connectivity index (χ1) is 25.7. The molecule has 2 saturated heterocycles. The van der Waals surface area contributed by atoms with E-state index in [1.807, 2.05) is 12.4 Å². The zero-order chi connectivity index (χ0) is 37.9. The van der Waals surface area contributed by atoms with Crippen molar-refractivity contribution in [1.82, 2.24) is 30.6 Å². The molecule has 4 N–H and O–H groups in total. The van der Waals surface area contributed by atoms with E-state index in [9.17, 15) is 9.59 Å². The number of hydrogen-bond donors (Lipinski definition) is 4. The average molecular weight is 733 g/mol. The molecular weight excluding hydrogens is 677 g/mol. The third kappa shape index (κ3) is 7.27. The van der Waals surface area contributed by atoms with E-state index in [0.29, 0.717) is 0 Å². The van der Waals surface area contributed by atoms with Gasteiger partial charge in [0.2, 0.25) is 11.8 Å². The minimum Gasteiger partial charge on any atom is -0.381 e. The lowest BCUT2D eigenvalue weighted by Crippen LogP contribution is -2.39. The molecule has 54 heavy (non-hydrogen) atoms. The number of ether oxygens (including phenoxy) is 2. The van der Waals surface area contributed by atoms with Gasteiger partial charge < -0.3 is 30.1 Å². The number of nitrogens with zero attached hydrogens (tertiary/aromatic N) is 2. The maximum Gasteiger partial charge on any atom is 0.224 e. The topological polar surface area (TPSA) is 134 Å². The van der Waals surface area contributed by atoms with Crippen molar-refractivity contribution >= 4 is 11.8 Å². The van der Waals surface area contributed by atoms with Crippen LogP contribution in [-0.4, -0.2) is 58.2 Å². The quantitative estimate of drug-likeness (QED) is 0.137. The molecule has 4 aromatic rings. The Hall–Kier alpha value is -4.28. The summed E-state index contributed by atoms with van der Waals surface area (Å²) in [5, 5.41) is 6.71. The van der Waals surface area contributed by atoms with E-state index in [2.05, 4.69) is 111 Å². The van der Waals surface area contributed by atoms with Crippen molar-refractivity contribution in [2.75, 3.05) is 26.4 Å². The normalized spacial score (nSPS) is 22.8. The second kappa shape index (κ2) is 13.8. The van der Waals surface area contributed by atoms with Crippen LogP contribution in [0, 0.1) is 33.5 Å². The van der Waals surface area contributed by atoms with Crippen LogP contribution in [0.25, 0.3) is 33.6 Å². The van der Waals surface area contributed by atoms with Gasteiger partial charge in [0.25, 0.3) is 0 Å². The molecule has 2 aromatic heterocycles. The highest BCUT2D eigenvalue weighted by molar-refractivity contribution is 5.83. The fourth-order valence-corrected chi connectivity index (χ4v) is 8.92. The smallest absolute Gasteiger partial charge is 0.224 e. The van der Waals surface area contributed by atoms with Crippen LogP contribution in [0.2, 0.25) is 0 Å². The Morgan fingerprint density at radius 2 is 0.944 bits per heavy atom. The van der Waals surface area contributed by atoms with Gasteiger partial charge in [-0.25, -0.2) is 9.97 Å². The zero-order valence-electron chi connectivity index (χ0n) is 32.7. The van der Waals surface area contributed by atoms with Crippen LogP contribution in [0.3, 0.4) is 0 Å². The predicted octanol–water partition coefficient (Wildman–Crippen LogP) is 8.17. The Kier molecular flexibility index (Phi) is 9.36. The highest BCUT2D eigenvalue weighted by Crippen LogP contribution is 2.60. The molecule has 0 bridgehead atoms. The maximum atomic E-state index is 13.4. The van der Waals surface area contributed by atoms with E-state index >= 15 is 0 Å². The molecule has 2 aromatic carbocycles. The number of carbonyl (C=O) groups excluding carboxylic acids is 2. The van der Waals surface area contributed by atoms with E-state index < -0.39 is 0 Å². The summed E-state index contributed by atoms with van der Waals surface area (Å²) in [6.45, 7) is 15.9. The molecule has 2 saturated carbocycles. The summed E-state index contributed by atoms with van der Waals surface area (Å²) in [4.78, 5) is 43.4. The molecule has 8 rings (SSSR count). The molecule has 10 nitrogen and oxygen atoms in total. The summed E-state index contributed by atoms with van der Waals surface area (Å²) < 4.78 is 11.1. The maximum absolute atomic E-state index is 13.4. The molecule has 2 aliphatic carbocycles. The van der Waals surface area contributed by atoms with Crippen LogP contribution in [0.1, 0.15) is 104 Å². The van der Waals surface area contributed by atoms with Crippen LogP contribution in [0.15, 0.2) is 60.9 Å².